The predicted molar refractivity (Wildman–Crippen MR) is 89.4 cm³/mol. The molecule has 4 unspecified atom stereocenters. The van der Waals surface area contributed by atoms with Crippen molar-refractivity contribution >= 4 is 5.78 Å². The van der Waals surface area contributed by atoms with Gasteiger partial charge in [0.2, 0.25) is 0 Å². The average molecular weight is 317 g/mol. The van der Waals surface area contributed by atoms with Crippen LogP contribution in [0.15, 0.2) is 0 Å². The molecule has 23 heavy (non-hydrogen) atoms. The van der Waals surface area contributed by atoms with Gasteiger partial charge in [0.25, 0.3) is 0 Å². The van der Waals surface area contributed by atoms with Crippen LogP contribution in [0.25, 0.3) is 0 Å². The molecule has 1 N–H and O–H groups in total. The van der Waals surface area contributed by atoms with Crippen LogP contribution in [0, 0.1) is 45.8 Å². The Morgan fingerprint density at radius 2 is 2.00 bits per heavy atom. The van der Waals surface area contributed by atoms with Gasteiger partial charge >= 0.3 is 0 Å². The number of hydrogen-bond acceptors (Lipinski definition) is 3. The van der Waals surface area contributed by atoms with Gasteiger partial charge in [-0.25, -0.2) is 0 Å². The molecule has 7 atom stereocenters. The fourth-order valence-corrected chi connectivity index (χ4v) is 6.74. The first-order valence-electron chi connectivity index (χ1n) is 9.43. The van der Waals surface area contributed by atoms with E-state index in [1.807, 2.05) is 6.92 Å². The molecule has 0 aromatic carbocycles. The molecule has 0 aromatic rings. The molecule has 0 amide bonds. The third-order valence-corrected chi connectivity index (χ3v) is 8.01. The van der Waals surface area contributed by atoms with Gasteiger partial charge in [-0.2, -0.15) is 5.26 Å². The molecule has 3 nitrogen and oxygen atoms in total. The number of aliphatic hydroxyl groups is 1. The second-order valence-electron chi connectivity index (χ2n) is 8.88. The van der Waals surface area contributed by atoms with Crippen molar-refractivity contribution in [1.29, 1.82) is 5.26 Å². The number of nitriles is 1. The second kappa shape index (κ2) is 5.88. The molecule has 3 aliphatic rings. The Morgan fingerprint density at radius 3 is 2.65 bits per heavy atom. The lowest BCUT2D eigenvalue weighted by Gasteiger charge is -2.56. The minimum absolute atomic E-state index is 0.225. The van der Waals surface area contributed by atoms with E-state index in [4.69, 9.17) is 5.26 Å². The second-order valence-corrected chi connectivity index (χ2v) is 8.88. The van der Waals surface area contributed by atoms with E-state index in [0.29, 0.717) is 42.3 Å². The number of Topliss-reactive ketones (excluding diaryl/α,β-unsaturated/α-hetero) is 1. The predicted octanol–water partition coefficient (Wildman–Crippen LogP) is 4.10. The lowest BCUT2D eigenvalue weighted by molar-refractivity contribution is -0.146. The van der Waals surface area contributed by atoms with Gasteiger partial charge in [0.05, 0.1) is 12.2 Å². The summed E-state index contributed by atoms with van der Waals surface area (Å²) in [7, 11) is 0. The first kappa shape index (κ1) is 17.0. The van der Waals surface area contributed by atoms with Gasteiger partial charge in [-0.05, 0) is 74.5 Å². The van der Waals surface area contributed by atoms with Crippen molar-refractivity contribution in [2.45, 2.75) is 78.2 Å². The number of carbonyl (C=O) groups is 1. The number of aliphatic hydroxyl groups excluding tert-OH is 1. The first-order valence-corrected chi connectivity index (χ1v) is 9.43. The summed E-state index contributed by atoms with van der Waals surface area (Å²) in [6.45, 7) is 6.47. The molecule has 0 heterocycles. The highest BCUT2D eigenvalue weighted by molar-refractivity contribution is 5.85. The number of rotatable bonds is 3. The molecule has 0 bridgehead atoms. The van der Waals surface area contributed by atoms with Crippen molar-refractivity contribution in [3.8, 4) is 6.07 Å². The molecule has 0 spiro atoms. The van der Waals surface area contributed by atoms with Crippen LogP contribution in [-0.2, 0) is 4.79 Å². The molecule has 3 heteroatoms. The summed E-state index contributed by atoms with van der Waals surface area (Å²) >= 11 is 0. The largest absolute Gasteiger partial charge is 0.393 e. The average Bonchev–Trinajstić information content (AvgIpc) is 2.86. The quantitative estimate of drug-likeness (QED) is 0.852. The van der Waals surface area contributed by atoms with Crippen molar-refractivity contribution in [2.24, 2.45) is 34.5 Å². The molecular formula is C20H31NO2. The smallest absolute Gasteiger partial charge is 0.139 e. The van der Waals surface area contributed by atoms with Crippen molar-refractivity contribution in [3.05, 3.63) is 0 Å². The van der Waals surface area contributed by atoms with Crippen LogP contribution in [-0.4, -0.2) is 17.0 Å². The van der Waals surface area contributed by atoms with Crippen LogP contribution in [0.3, 0.4) is 0 Å². The number of ketones is 1. The van der Waals surface area contributed by atoms with Crippen molar-refractivity contribution in [1.82, 2.24) is 0 Å². The number of carbonyl (C=O) groups excluding carboxylic acids is 1. The van der Waals surface area contributed by atoms with E-state index in [1.54, 1.807) is 0 Å². The summed E-state index contributed by atoms with van der Waals surface area (Å²) in [6.07, 6.45) is 7.26. The maximum Gasteiger partial charge on any atom is 0.139 e. The highest BCUT2D eigenvalue weighted by Gasteiger charge is 2.59. The summed E-state index contributed by atoms with van der Waals surface area (Å²) in [5.41, 5.74) is -0.0469. The van der Waals surface area contributed by atoms with E-state index in [0.717, 1.165) is 32.1 Å². The number of hydrogen-bond donors (Lipinski definition) is 1. The topological polar surface area (TPSA) is 61.1 Å². The molecule has 0 aromatic heterocycles. The van der Waals surface area contributed by atoms with E-state index in [1.165, 1.54) is 6.42 Å². The van der Waals surface area contributed by atoms with Gasteiger partial charge in [-0.3, -0.25) is 4.79 Å². The van der Waals surface area contributed by atoms with Gasteiger partial charge < -0.3 is 5.11 Å². The zero-order chi connectivity index (χ0) is 16.8. The summed E-state index contributed by atoms with van der Waals surface area (Å²) < 4.78 is 0. The van der Waals surface area contributed by atoms with Gasteiger partial charge in [-0.1, -0.05) is 13.8 Å². The SMILES string of the molecule is C[C@H](O)C1CCC2C3CCC(=O)[C@@](C)(CCC#N)C3CC[C@@]21C. The van der Waals surface area contributed by atoms with Crippen LogP contribution < -0.4 is 0 Å². The highest BCUT2D eigenvalue weighted by atomic mass is 16.3. The lowest BCUT2D eigenvalue weighted by atomic mass is 9.48. The van der Waals surface area contributed by atoms with Crippen LogP contribution in [0.4, 0.5) is 0 Å². The maximum atomic E-state index is 12.7. The third-order valence-electron chi connectivity index (χ3n) is 8.01. The molecule has 3 aliphatic carbocycles. The Hall–Kier alpha value is -0.880. The number of nitrogens with zero attached hydrogens (tertiary/aromatic N) is 1. The van der Waals surface area contributed by atoms with Crippen LogP contribution in [0.5, 0.6) is 0 Å². The Kier molecular flexibility index (Phi) is 4.34. The van der Waals surface area contributed by atoms with Crippen LogP contribution >= 0.6 is 0 Å². The van der Waals surface area contributed by atoms with Crippen LogP contribution in [0.2, 0.25) is 0 Å². The Labute approximate surface area is 140 Å². The van der Waals surface area contributed by atoms with Gasteiger partial charge in [0.15, 0.2) is 0 Å². The Balaban J connectivity index is 1.88. The monoisotopic (exact) mass is 317 g/mol. The van der Waals surface area contributed by atoms with Gasteiger partial charge in [0.1, 0.15) is 5.78 Å². The van der Waals surface area contributed by atoms with Gasteiger partial charge in [0, 0.05) is 18.3 Å². The molecule has 0 saturated heterocycles. The molecule has 128 valence electrons. The van der Waals surface area contributed by atoms with Crippen molar-refractivity contribution in [3.63, 3.8) is 0 Å². The molecule has 0 aliphatic heterocycles. The van der Waals surface area contributed by atoms with Gasteiger partial charge in [-0.15, -0.1) is 0 Å². The van der Waals surface area contributed by atoms with E-state index < -0.39 is 0 Å². The lowest BCUT2D eigenvalue weighted by Crippen LogP contribution is -2.52. The van der Waals surface area contributed by atoms with E-state index in [2.05, 4.69) is 19.9 Å². The normalized spacial score (nSPS) is 47.5. The number of fused-ring (bicyclic) bond motifs is 3. The molecular weight excluding hydrogens is 286 g/mol. The summed E-state index contributed by atoms with van der Waals surface area (Å²) in [4.78, 5) is 12.7. The third kappa shape index (κ3) is 2.45. The Morgan fingerprint density at radius 1 is 1.26 bits per heavy atom. The zero-order valence-corrected chi connectivity index (χ0v) is 14.8. The van der Waals surface area contributed by atoms with E-state index in [9.17, 15) is 9.90 Å². The van der Waals surface area contributed by atoms with Crippen molar-refractivity contribution < 1.29 is 9.90 Å². The van der Waals surface area contributed by atoms with E-state index in [-0.39, 0.29) is 16.9 Å². The van der Waals surface area contributed by atoms with Crippen LogP contribution in [0.1, 0.15) is 72.1 Å². The van der Waals surface area contributed by atoms with E-state index >= 15 is 0 Å². The molecule has 3 fully saturated rings. The summed E-state index contributed by atoms with van der Waals surface area (Å²) in [5.74, 6) is 2.51. The molecule has 3 saturated carbocycles. The Bertz CT molecular complexity index is 522. The van der Waals surface area contributed by atoms with Crippen molar-refractivity contribution in [2.75, 3.05) is 0 Å². The highest BCUT2D eigenvalue weighted by Crippen LogP contribution is 2.64. The molecule has 3 rings (SSSR count). The minimum Gasteiger partial charge on any atom is -0.393 e. The maximum absolute atomic E-state index is 12.7. The zero-order valence-electron chi connectivity index (χ0n) is 14.8. The summed E-state index contributed by atoms with van der Waals surface area (Å²) in [5, 5.41) is 19.2. The standard InChI is InChI=1S/C20H31NO2/c1-13(22)15-6-7-16-14-5-8-18(23)20(3,10-4-12-21)17(14)9-11-19(15,16)2/h13-17,22H,4-11H2,1-3H3/t13-,14?,15?,16?,17?,19+,20-/m0/s1. The first-order chi connectivity index (χ1) is 10.8. The molecule has 0 radical (unpaired) electrons. The fourth-order valence-electron chi connectivity index (χ4n) is 6.74. The minimum atomic E-state index is -0.289. The fraction of sp³-hybridized carbons (Fsp3) is 0.900. The summed E-state index contributed by atoms with van der Waals surface area (Å²) in [6, 6.07) is 2.25.